The number of anilines is 1. The number of amides is 1. The van der Waals surface area contributed by atoms with Crippen molar-refractivity contribution in [1.82, 2.24) is 5.32 Å². The molecule has 1 fully saturated rings. The van der Waals surface area contributed by atoms with Gasteiger partial charge in [-0.05, 0) is 47.3 Å². The van der Waals surface area contributed by atoms with Gasteiger partial charge < -0.3 is 10.2 Å². The van der Waals surface area contributed by atoms with Gasteiger partial charge in [0.25, 0.3) is 5.69 Å². The van der Waals surface area contributed by atoms with Crippen molar-refractivity contribution < 1.29 is 9.72 Å². The number of aryl methyl sites for hydroxylation is 1. The number of nitro benzene ring substituents is 1. The zero-order valence-corrected chi connectivity index (χ0v) is 16.7. The summed E-state index contributed by atoms with van der Waals surface area (Å²) in [5.41, 5.74) is 3.30. The Bertz CT molecular complexity index is 831. The lowest BCUT2D eigenvalue weighted by Gasteiger charge is -2.33. The molecule has 0 unspecified atom stereocenters. The van der Waals surface area contributed by atoms with Crippen molar-refractivity contribution in [2.45, 2.75) is 26.3 Å². The summed E-state index contributed by atoms with van der Waals surface area (Å²) in [6.45, 7) is 4.09. The zero-order chi connectivity index (χ0) is 19.4. The molecule has 2 aromatic rings. The molecule has 7 heteroatoms. The predicted molar refractivity (Wildman–Crippen MR) is 109 cm³/mol. The summed E-state index contributed by atoms with van der Waals surface area (Å²) in [6, 6.07) is 13.0. The maximum Gasteiger partial charge on any atom is 0.270 e. The number of nitrogens with one attached hydrogen (secondary N) is 1. The van der Waals surface area contributed by atoms with Crippen molar-refractivity contribution >= 4 is 33.2 Å². The van der Waals surface area contributed by atoms with Crippen LogP contribution < -0.4 is 10.2 Å². The number of nitrogens with zero attached hydrogens (tertiary/aromatic N) is 2. The fourth-order valence-electron chi connectivity index (χ4n) is 3.29. The van der Waals surface area contributed by atoms with Crippen molar-refractivity contribution in [3.63, 3.8) is 0 Å². The Morgan fingerprint density at radius 3 is 2.48 bits per heavy atom. The van der Waals surface area contributed by atoms with Gasteiger partial charge in [0, 0.05) is 42.2 Å². The molecule has 27 heavy (non-hydrogen) atoms. The molecule has 0 saturated carbocycles. The molecule has 0 aromatic heterocycles. The molecule has 0 radical (unpaired) electrons. The summed E-state index contributed by atoms with van der Waals surface area (Å²) < 4.78 is 0.707. The first kappa shape index (κ1) is 19.4. The molecule has 1 amide bonds. The number of non-ortho nitro benzene ring substituents is 1. The number of benzene rings is 2. The van der Waals surface area contributed by atoms with Gasteiger partial charge in [0.05, 0.1) is 10.6 Å². The maximum atomic E-state index is 12.5. The Morgan fingerprint density at radius 1 is 1.22 bits per heavy atom. The van der Waals surface area contributed by atoms with E-state index in [2.05, 4.69) is 26.1 Å². The molecular weight excluding hydrogens is 410 g/mol. The van der Waals surface area contributed by atoms with Gasteiger partial charge in [-0.3, -0.25) is 14.9 Å². The monoisotopic (exact) mass is 431 g/mol. The van der Waals surface area contributed by atoms with Gasteiger partial charge in [-0.15, -0.1) is 0 Å². The van der Waals surface area contributed by atoms with Gasteiger partial charge in [-0.25, -0.2) is 0 Å². The fraction of sp³-hybridized carbons (Fsp3) is 0.350. The third-order valence-electron chi connectivity index (χ3n) is 4.94. The Kier molecular flexibility index (Phi) is 6.11. The third-order valence-corrected chi connectivity index (χ3v) is 5.57. The van der Waals surface area contributed by atoms with Crippen LogP contribution >= 0.6 is 15.9 Å². The molecule has 0 atom stereocenters. The molecule has 0 aliphatic carbocycles. The van der Waals surface area contributed by atoms with Crippen molar-refractivity contribution in [3.8, 4) is 0 Å². The molecule has 6 nitrogen and oxygen atoms in total. The van der Waals surface area contributed by atoms with Crippen molar-refractivity contribution in [2.24, 2.45) is 5.92 Å². The summed E-state index contributed by atoms with van der Waals surface area (Å²) in [5.74, 6) is 0.0986. The van der Waals surface area contributed by atoms with E-state index in [1.165, 1.54) is 17.7 Å². The highest BCUT2D eigenvalue weighted by molar-refractivity contribution is 9.10. The first-order valence-electron chi connectivity index (χ1n) is 8.96. The molecule has 1 heterocycles. The molecule has 1 N–H and O–H groups in total. The number of hydrogen-bond donors (Lipinski definition) is 1. The van der Waals surface area contributed by atoms with E-state index in [0.717, 1.165) is 37.2 Å². The Morgan fingerprint density at radius 2 is 1.89 bits per heavy atom. The summed E-state index contributed by atoms with van der Waals surface area (Å²) in [7, 11) is 0. The lowest BCUT2D eigenvalue weighted by Crippen LogP contribution is -2.40. The molecular formula is C20H22BrN3O3. The summed E-state index contributed by atoms with van der Waals surface area (Å²) in [5, 5.41) is 13.9. The molecule has 142 valence electrons. The Hall–Kier alpha value is -2.41. The minimum absolute atomic E-state index is 0.00326. The molecule has 2 aromatic carbocycles. The number of piperidine rings is 1. The second-order valence-corrected chi connectivity index (χ2v) is 7.71. The van der Waals surface area contributed by atoms with Crippen LogP contribution in [-0.4, -0.2) is 23.9 Å². The molecule has 3 rings (SSSR count). The van der Waals surface area contributed by atoms with E-state index >= 15 is 0 Å². The van der Waals surface area contributed by atoms with Crippen LogP contribution in [0.25, 0.3) is 0 Å². The number of carbonyl (C=O) groups excluding carboxylic acids is 1. The lowest BCUT2D eigenvalue weighted by molar-refractivity contribution is -0.384. The van der Waals surface area contributed by atoms with Gasteiger partial charge >= 0.3 is 0 Å². The standard InChI is InChI=1S/C20H22BrN3O3/c1-14-2-4-15(5-3-14)13-22-20(25)16-8-10-23(11-9-16)19-7-6-17(24(26)27)12-18(19)21/h2-7,12,16H,8-11,13H2,1H3,(H,22,25). The minimum Gasteiger partial charge on any atom is -0.371 e. The van der Waals surface area contributed by atoms with Crippen LogP contribution in [0.4, 0.5) is 11.4 Å². The average molecular weight is 432 g/mol. The highest BCUT2D eigenvalue weighted by atomic mass is 79.9. The number of nitro groups is 1. The van der Waals surface area contributed by atoms with E-state index in [-0.39, 0.29) is 17.5 Å². The Balaban J connectivity index is 1.53. The van der Waals surface area contributed by atoms with Gasteiger partial charge in [0.15, 0.2) is 0 Å². The molecule has 0 spiro atoms. The second kappa shape index (κ2) is 8.52. The highest BCUT2D eigenvalue weighted by Gasteiger charge is 2.26. The van der Waals surface area contributed by atoms with E-state index in [9.17, 15) is 14.9 Å². The lowest BCUT2D eigenvalue weighted by atomic mass is 9.95. The average Bonchev–Trinajstić information content (AvgIpc) is 2.67. The van der Waals surface area contributed by atoms with E-state index in [1.54, 1.807) is 6.07 Å². The van der Waals surface area contributed by atoms with E-state index in [0.29, 0.717) is 11.0 Å². The van der Waals surface area contributed by atoms with Gasteiger partial charge in [0.2, 0.25) is 5.91 Å². The maximum absolute atomic E-state index is 12.5. The van der Waals surface area contributed by atoms with Gasteiger partial charge in [-0.1, -0.05) is 29.8 Å². The van der Waals surface area contributed by atoms with Crippen LogP contribution in [0.5, 0.6) is 0 Å². The SMILES string of the molecule is Cc1ccc(CNC(=O)C2CCN(c3ccc([N+](=O)[O-])cc3Br)CC2)cc1. The number of hydrogen-bond acceptors (Lipinski definition) is 4. The van der Waals surface area contributed by atoms with E-state index in [4.69, 9.17) is 0 Å². The normalized spacial score (nSPS) is 14.8. The van der Waals surface area contributed by atoms with Crippen LogP contribution in [0.3, 0.4) is 0 Å². The smallest absolute Gasteiger partial charge is 0.270 e. The third kappa shape index (κ3) is 4.86. The van der Waals surface area contributed by atoms with Gasteiger partial charge in [-0.2, -0.15) is 0 Å². The van der Waals surface area contributed by atoms with Crippen molar-refractivity contribution in [2.75, 3.05) is 18.0 Å². The molecule has 0 bridgehead atoms. The van der Waals surface area contributed by atoms with Crippen LogP contribution in [-0.2, 0) is 11.3 Å². The number of halogens is 1. The second-order valence-electron chi connectivity index (χ2n) is 6.86. The molecule has 1 aliphatic heterocycles. The van der Waals surface area contributed by atoms with E-state index < -0.39 is 4.92 Å². The minimum atomic E-state index is -0.404. The largest absolute Gasteiger partial charge is 0.371 e. The van der Waals surface area contributed by atoms with Crippen molar-refractivity contribution in [1.29, 1.82) is 0 Å². The molecule has 1 saturated heterocycles. The van der Waals surface area contributed by atoms with Crippen LogP contribution in [0.2, 0.25) is 0 Å². The topological polar surface area (TPSA) is 75.5 Å². The highest BCUT2D eigenvalue weighted by Crippen LogP contribution is 2.32. The first-order valence-corrected chi connectivity index (χ1v) is 9.75. The van der Waals surface area contributed by atoms with Crippen molar-refractivity contribution in [3.05, 3.63) is 68.2 Å². The first-order chi connectivity index (χ1) is 12.9. The van der Waals surface area contributed by atoms with E-state index in [1.807, 2.05) is 31.2 Å². The van der Waals surface area contributed by atoms with Crippen LogP contribution in [0.1, 0.15) is 24.0 Å². The van der Waals surface area contributed by atoms with Crippen LogP contribution in [0.15, 0.2) is 46.9 Å². The summed E-state index contributed by atoms with van der Waals surface area (Å²) in [6.07, 6.45) is 1.53. The quantitative estimate of drug-likeness (QED) is 0.568. The molecule has 1 aliphatic rings. The number of carbonyl (C=O) groups is 1. The van der Waals surface area contributed by atoms with Crippen LogP contribution in [0, 0.1) is 23.0 Å². The summed E-state index contributed by atoms with van der Waals surface area (Å²) >= 11 is 3.43. The predicted octanol–water partition coefficient (Wildman–Crippen LogP) is 4.20. The fourth-order valence-corrected chi connectivity index (χ4v) is 3.91. The summed E-state index contributed by atoms with van der Waals surface area (Å²) in [4.78, 5) is 25.1. The van der Waals surface area contributed by atoms with Gasteiger partial charge in [0.1, 0.15) is 0 Å². The number of rotatable bonds is 5. The Labute approximate surface area is 166 Å². The zero-order valence-electron chi connectivity index (χ0n) is 15.2.